The van der Waals surface area contributed by atoms with E-state index in [0.29, 0.717) is 60.8 Å². The third-order valence-corrected chi connectivity index (χ3v) is 12.2. The van der Waals surface area contributed by atoms with Gasteiger partial charge in [0.15, 0.2) is 17.3 Å². The molecule has 4 atom stereocenters. The van der Waals surface area contributed by atoms with Crippen LogP contribution in [0.5, 0.6) is 5.88 Å². The van der Waals surface area contributed by atoms with Gasteiger partial charge < -0.3 is 29.2 Å². The Hall–Kier alpha value is -4.73. The van der Waals surface area contributed by atoms with Crippen LogP contribution in [0, 0.1) is 11.3 Å². The number of nitrogens with zero attached hydrogens (tertiary/aromatic N) is 7. The average Bonchev–Trinajstić information content (AvgIpc) is 3.96. The van der Waals surface area contributed by atoms with Crippen LogP contribution in [0.1, 0.15) is 97.1 Å². The van der Waals surface area contributed by atoms with E-state index in [0.717, 1.165) is 97.9 Å². The molecule has 5 aliphatic rings. The van der Waals surface area contributed by atoms with Gasteiger partial charge in [-0.25, -0.2) is 4.98 Å². The molecule has 2 N–H and O–H groups in total. The number of aryl methyl sites for hydroxylation is 1. The van der Waals surface area contributed by atoms with Gasteiger partial charge in [0.2, 0.25) is 5.88 Å². The molecule has 4 aromatic rings. The van der Waals surface area contributed by atoms with E-state index < -0.39 is 5.41 Å². The predicted octanol–water partition coefficient (Wildman–Crippen LogP) is 5.05. The van der Waals surface area contributed by atoms with Crippen LogP contribution in [0.3, 0.4) is 0 Å². The fourth-order valence-electron chi connectivity index (χ4n) is 9.63. The monoisotopic (exact) mass is 688 g/mol. The Morgan fingerprint density at radius 1 is 1.08 bits per heavy atom. The van der Waals surface area contributed by atoms with Crippen molar-refractivity contribution in [1.29, 1.82) is 5.26 Å². The summed E-state index contributed by atoms with van der Waals surface area (Å²) in [6, 6.07) is 10.7. The van der Waals surface area contributed by atoms with Gasteiger partial charge in [0.05, 0.1) is 30.2 Å². The van der Waals surface area contributed by atoms with Gasteiger partial charge in [0, 0.05) is 48.3 Å². The Morgan fingerprint density at radius 2 is 1.94 bits per heavy atom. The summed E-state index contributed by atoms with van der Waals surface area (Å²) < 4.78 is 20.4. The molecule has 1 spiro atoms. The summed E-state index contributed by atoms with van der Waals surface area (Å²) in [6.07, 6.45) is 10.2. The Bertz CT molecular complexity index is 2110. The van der Waals surface area contributed by atoms with Crippen LogP contribution < -0.4 is 20.9 Å². The fraction of sp³-hybridized carbons (Fsp3) is 0.513. The van der Waals surface area contributed by atoms with Gasteiger partial charge in [-0.1, -0.05) is 11.2 Å². The molecule has 51 heavy (non-hydrogen) atoms. The van der Waals surface area contributed by atoms with Gasteiger partial charge in [-0.3, -0.25) is 9.69 Å². The van der Waals surface area contributed by atoms with Crippen LogP contribution in [0.2, 0.25) is 0 Å². The van der Waals surface area contributed by atoms with Gasteiger partial charge in [0.1, 0.15) is 18.0 Å². The lowest BCUT2D eigenvalue weighted by atomic mass is 9.61. The summed E-state index contributed by atoms with van der Waals surface area (Å²) in [4.78, 5) is 28.3. The van der Waals surface area contributed by atoms with Gasteiger partial charge in [-0.15, -0.1) is 0 Å². The number of nitrogens with two attached hydrogens (primary N) is 1. The second-order valence-corrected chi connectivity index (χ2v) is 15.1. The lowest BCUT2D eigenvalue weighted by Gasteiger charge is -2.41. The molecule has 9 rings (SSSR count). The number of anilines is 2. The molecule has 6 heterocycles. The highest BCUT2D eigenvalue weighted by Crippen LogP contribution is 2.53. The standard InChI is InChI=1S/C39H44N8O4/c1-23(31-8-5-15-45(31)2)50-33-18-32(46-20-25-11-16-47(26-12-17-49-22-26)38(48)29(25)21-46)42-37(43-33)35-27-7-4-14-39(36(27)51-44-35)13-3-6-24-9-10-30(41)28(19-40)34(24)39/h9-11,16,18,23,26,31H,3-8,12-15,17,20-22,41H2,1-2H3/t23-,26+,31-,39+/m0/s1. The van der Waals surface area contributed by atoms with Gasteiger partial charge in [0.25, 0.3) is 5.56 Å². The smallest absolute Gasteiger partial charge is 0.256 e. The molecule has 1 aromatic carbocycles. The molecule has 0 radical (unpaired) electrons. The van der Waals surface area contributed by atoms with E-state index in [2.05, 4.69) is 42.0 Å². The molecular formula is C39H44N8O4. The summed E-state index contributed by atoms with van der Waals surface area (Å²) >= 11 is 0. The Kier molecular flexibility index (Phi) is 7.89. The number of nitriles is 1. The molecule has 2 fully saturated rings. The SMILES string of the molecule is C[C@H](Oc1cc(N2Cc3ccn([C@@H]4CCOC4)c(=O)c3C2)nc(-c2noc3c2CCC[C@@]32CCCc3ccc(N)c(C#N)c32)n1)[C@@H]1CCCN1C. The second-order valence-electron chi connectivity index (χ2n) is 15.1. The molecule has 2 aliphatic carbocycles. The van der Waals surface area contributed by atoms with E-state index >= 15 is 0 Å². The van der Waals surface area contributed by atoms with Crippen molar-refractivity contribution in [2.45, 2.75) is 101 Å². The number of rotatable bonds is 6. The first-order valence-corrected chi connectivity index (χ1v) is 18.5. The number of ether oxygens (including phenoxy) is 2. The summed E-state index contributed by atoms with van der Waals surface area (Å²) in [5.74, 6) is 2.40. The van der Waals surface area contributed by atoms with Crippen LogP contribution in [-0.2, 0) is 36.1 Å². The summed E-state index contributed by atoms with van der Waals surface area (Å²) in [6.45, 7) is 5.38. The van der Waals surface area contributed by atoms with E-state index in [-0.39, 0.29) is 23.7 Å². The number of nitrogen functional groups attached to an aromatic ring is 1. The average molecular weight is 689 g/mol. The first kappa shape index (κ1) is 32.2. The minimum absolute atomic E-state index is 0.0372. The molecule has 12 heteroatoms. The van der Waals surface area contributed by atoms with Crippen molar-refractivity contribution in [3.63, 3.8) is 0 Å². The minimum atomic E-state index is -0.480. The van der Waals surface area contributed by atoms with Crippen molar-refractivity contribution in [1.82, 2.24) is 24.6 Å². The molecule has 264 valence electrons. The van der Waals surface area contributed by atoms with Gasteiger partial charge in [-0.05, 0) is 107 Å². The highest BCUT2D eigenvalue weighted by atomic mass is 16.5. The van der Waals surface area contributed by atoms with Crippen molar-refractivity contribution in [2.75, 3.05) is 37.4 Å². The number of hydrogen-bond donors (Lipinski definition) is 1. The Balaban J connectivity index is 1.12. The molecule has 3 aliphatic heterocycles. The number of pyridine rings is 1. The van der Waals surface area contributed by atoms with Crippen molar-refractivity contribution in [3.8, 4) is 23.5 Å². The molecule has 12 nitrogen and oxygen atoms in total. The molecule has 0 bridgehead atoms. The third kappa shape index (κ3) is 5.23. The topological polar surface area (TPSA) is 149 Å². The zero-order valence-corrected chi connectivity index (χ0v) is 29.4. The van der Waals surface area contributed by atoms with Crippen LogP contribution in [0.25, 0.3) is 11.5 Å². The normalized spacial score (nSPS) is 24.7. The summed E-state index contributed by atoms with van der Waals surface area (Å²) in [7, 11) is 2.15. The van der Waals surface area contributed by atoms with E-state index in [1.54, 1.807) is 0 Å². The van der Waals surface area contributed by atoms with Crippen molar-refractivity contribution >= 4 is 11.5 Å². The number of fused-ring (bicyclic) bond motifs is 5. The van der Waals surface area contributed by atoms with Crippen molar-refractivity contribution in [2.24, 2.45) is 0 Å². The maximum Gasteiger partial charge on any atom is 0.256 e. The van der Waals surface area contributed by atoms with E-state index in [9.17, 15) is 10.1 Å². The largest absolute Gasteiger partial charge is 0.473 e. The molecule has 0 saturated carbocycles. The van der Waals surface area contributed by atoms with Gasteiger partial charge in [-0.2, -0.15) is 10.2 Å². The van der Waals surface area contributed by atoms with Crippen molar-refractivity contribution in [3.05, 3.63) is 80.0 Å². The lowest BCUT2D eigenvalue weighted by Crippen LogP contribution is -2.38. The minimum Gasteiger partial charge on any atom is -0.473 e. The second kappa shape index (κ2) is 12.5. The predicted molar refractivity (Wildman–Crippen MR) is 191 cm³/mol. The lowest BCUT2D eigenvalue weighted by molar-refractivity contribution is 0.117. The number of likely N-dealkylation sites (N-methyl/N-ethyl adjacent to an activating group) is 1. The number of hydrogen-bond acceptors (Lipinski definition) is 11. The summed E-state index contributed by atoms with van der Waals surface area (Å²) in [5.41, 5.74) is 12.5. The maximum atomic E-state index is 13.7. The fourth-order valence-corrected chi connectivity index (χ4v) is 9.63. The van der Waals surface area contributed by atoms with Crippen LogP contribution >= 0.6 is 0 Å². The number of benzene rings is 1. The number of aromatic nitrogens is 4. The van der Waals surface area contributed by atoms with Crippen LogP contribution in [0.4, 0.5) is 11.5 Å². The zero-order valence-electron chi connectivity index (χ0n) is 29.4. The zero-order chi connectivity index (χ0) is 34.9. The van der Waals surface area contributed by atoms with Crippen molar-refractivity contribution < 1.29 is 14.0 Å². The van der Waals surface area contributed by atoms with Crippen LogP contribution in [0.15, 0.2) is 39.8 Å². The molecule has 0 unspecified atom stereocenters. The van der Waals surface area contributed by atoms with Crippen LogP contribution in [-0.4, -0.2) is 63.5 Å². The Morgan fingerprint density at radius 3 is 2.73 bits per heavy atom. The van der Waals surface area contributed by atoms with E-state index in [4.69, 9.17) is 34.9 Å². The molecule has 3 aromatic heterocycles. The maximum absolute atomic E-state index is 13.7. The van der Waals surface area contributed by atoms with E-state index in [1.165, 1.54) is 0 Å². The number of likely N-dealkylation sites (tertiary alicyclic amines) is 1. The quantitative estimate of drug-likeness (QED) is 0.271. The van der Waals surface area contributed by atoms with E-state index in [1.807, 2.05) is 22.9 Å². The Labute approximate surface area is 297 Å². The molecule has 2 saturated heterocycles. The highest BCUT2D eigenvalue weighted by Gasteiger charge is 2.48. The molecular weight excluding hydrogens is 644 g/mol. The van der Waals surface area contributed by atoms with Gasteiger partial charge >= 0.3 is 0 Å². The molecule has 0 amide bonds. The third-order valence-electron chi connectivity index (χ3n) is 12.2. The first-order chi connectivity index (χ1) is 24.8. The summed E-state index contributed by atoms with van der Waals surface area (Å²) in [5, 5.41) is 15.0. The first-order valence-electron chi connectivity index (χ1n) is 18.5. The highest BCUT2D eigenvalue weighted by molar-refractivity contribution is 5.68.